The molecule has 1 unspecified atom stereocenters. The van der Waals surface area contributed by atoms with Crippen molar-refractivity contribution in [3.8, 4) is 11.1 Å². The van der Waals surface area contributed by atoms with E-state index >= 15 is 0 Å². The Bertz CT molecular complexity index is 1530. The number of rotatable bonds is 10. The number of halogens is 4. The fourth-order valence-corrected chi connectivity index (χ4v) is 5.03. The molecule has 1 aliphatic heterocycles. The summed E-state index contributed by atoms with van der Waals surface area (Å²) < 4.78 is 48.1. The second-order valence-corrected chi connectivity index (χ2v) is 9.75. The van der Waals surface area contributed by atoms with Gasteiger partial charge in [-0.3, -0.25) is 4.79 Å². The highest BCUT2D eigenvalue weighted by Crippen LogP contribution is 2.34. The summed E-state index contributed by atoms with van der Waals surface area (Å²) in [5.41, 5.74) is 2.68. The third-order valence-electron chi connectivity index (χ3n) is 6.71. The fraction of sp³-hybridized carbons (Fsp3) is 0.296. The SMILES string of the molecule is COCC1Cn2cc(-c3cc(Nc4ccnn4CC(F)F)ncc3Cl)cc2C(=O)N1Cc1cc(F)ccc1CO. The number of carbonyl (C=O) groups excluding carboxylic acids is 1. The lowest BCUT2D eigenvalue weighted by atomic mass is 10.0. The molecule has 210 valence electrons. The molecular weight excluding hydrogens is 549 g/mol. The maximum atomic E-state index is 14.0. The van der Waals surface area contributed by atoms with Crippen LogP contribution in [0, 0.1) is 5.82 Å². The van der Waals surface area contributed by atoms with Crippen LogP contribution >= 0.6 is 11.6 Å². The number of pyridine rings is 1. The summed E-state index contributed by atoms with van der Waals surface area (Å²) in [5, 5.41) is 17.0. The van der Waals surface area contributed by atoms with Crippen molar-refractivity contribution in [2.24, 2.45) is 0 Å². The van der Waals surface area contributed by atoms with E-state index < -0.39 is 18.8 Å². The van der Waals surface area contributed by atoms with Gasteiger partial charge in [0.2, 0.25) is 0 Å². The second kappa shape index (κ2) is 11.7. The molecule has 1 atom stereocenters. The number of methoxy groups -OCH3 is 1. The van der Waals surface area contributed by atoms with Crippen molar-refractivity contribution in [1.29, 1.82) is 0 Å². The Labute approximate surface area is 232 Å². The Morgan fingerprint density at radius 2 is 2.05 bits per heavy atom. The van der Waals surface area contributed by atoms with Crippen molar-refractivity contribution < 1.29 is 27.8 Å². The molecule has 5 rings (SSSR count). The van der Waals surface area contributed by atoms with E-state index in [1.807, 2.05) is 4.57 Å². The molecular formula is C27H26ClF3N6O3. The third-order valence-corrected chi connectivity index (χ3v) is 7.01. The number of fused-ring (bicyclic) bond motifs is 1. The van der Waals surface area contributed by atoms with Gasteiger partial charge >= 0.3 is 0 Å². The summed E-state index contributed by atoms with van der Waals surface area (Å²) in [5.74, 6) is -0.0516. The van der Waals surface area contributed by atoms with Gasteiger partial charge in [-0.25, -0.2) is 22.8 Å². The van der Waals surface area contributed by atoms with E-state index in [1.54, 1.807) is 36.4 Å². The predicted octanol–water partition coefficient (Wildman–Crippen LogP) is 4.71. The molecule has 0 saturated carbocycles. The van der Waals surface area contributed by atoms with Crippen LogP contribution in [-0.2, 0) is 31.0 Å². The van der Waals surface area contributed by atoms with E-state index in [1.165, 1.54) is 30.6 Å². The van der Waals surface area contributed by atoms with Gasteiger partial charge in [0.1, 0.15) is 29.7 Å². The number of benzene rings is 1. The number of nitrogens with one attached hydrogen (secondary N) is 1. The van der Waals surface area contributed by atoms with Gasteiger partial charge in [0.15, 0.2) is 0 Å². The number of aromatic nitrogens is 4. The molecule has 0 fully saturated rings. The van der Waals surface area contributed by atoms with Crippen LogP contribution in [0.1, 0.15) is 21.6 Å². The van der Waals surface area contributed by atoms with Crippen LogP contribution in [0.4, 0.5) is 24.8 Å². The van der Waals surface area contributed by atoms with Gasteiger partial charge in [-0.05, 0) is 35.4 Å². The molecule has 0 bridgehead atoms. The van der Waals surface area contributed by atoms with E-state index in [0.717, 1.165) is 4.68 Å². The van der Waals surface area contributed by atoms with Crippen molar-refractivity contribution >= 4 is 29.1 Å². The Hall–Kier alpha value is -3.87. The smallest absolute Gasteiger partial charge is 0.271 e. The van der Waals surface area contributed by atoms with Gasteiger partial charge in [-0.1, -0.05) is 17.7 Å². The molecule has 4 aromatic rings. The number of hydrogen-bond donors (Lipinski definition) is 2. The summed E-state index contributed by atoms with van der Waals surface area (Å²) >= 11 is 6.48. The molecule has 0 spiro atoms. The van der Waals surface area contributed by atoms with Crippen molar-refractivity contribution in [3.63, 3.8) is 0 Å². The van der Waals surface area contributed by atoms with Gasteiger partial charge in [-0.2, -0.15) is 5.10 Å². The van der Waals surface area contributed by atoms with Crippen molar-refractivity contribution in [2.45, 2.75) is 38.7 Å². The van der Waals surface area contributed by atoms with Gasteiger partial charge < -0.3 is 24.6 Å². The zero-order valence-corrected chi connectivity index (χ0v) is 22.2. The molecule has 1 aromatic carbocycles. The van der Waals surface area contributed by atoms with Gasteiger partial charge in [-0.15, -0.1) is 0 Å². The highest BCUT2D eigenvalue weighted by molar-refractivity contribution is 6.33. The number of anilines is 2. The summed E-state index contributed by atoms with van der Waals surface area (Å²) in [6, 6.07) is 8.68. The molecule has 40 heavy (non-hydrogen) atoms. The highest BCUT2D eigenvalue weighted by atomic mass is 35.5. The molecule has 13 heteroatoms. The number of hydrogen-bond acceptors (Lipinski definition) is 6. The van der Waals surface area contributed by atoms with Crippen LogP contribution in [0.25, 0.3) is 11.1 Å². The van der Waals surface area contributed by atoms with Crippen molar-refractivity contribution in [3.05, 3.63) is 82.6 Å². The van der Waals surface area contributed by atoms with Gasteiger partial charge in [0, 0.05) is 49.8 Å². The van der Waals surface area contributed by atoms with Crippen LogP contribution in [0.15, 0.2) is 55.0 Å². The minimum absolute atomic E-state index is 0.0947. The van der Waals surface area contributed by atoms with E-state index in [0.29, 0.717) is 51.2 Å². The lowest BCUT2D eigenvalue weighted by Crippen LogP contribution is -2.49. The van der Waals surface area contributed by atoms with Crippen LogP contribution in [0.5, 0.6) is 0 Å². The topological polar surface area (TPSA) is 97.4 Å². The van der Waals surface area contributed by atoms with Gasteiger partial charge in [0.25, 0.3) is 12.3 Å². The van der Waals surface area contributed by atoms with Crippen LogP contribution in [0.3, 0.4) is 0 Å². The number of nitrogens with zero attached hydrogens (tertiary/aromatic N) is 5. The molecule has 4 heterocycles. The zero-order valence-electron chi connectivity index (χ0n) is 21.4. The molecule has 1 aliphatic rings. The normalized spacial score (nSPS) is 15.1. The van der Waals surface area contributed by atoms with Crippen LogP contribution in [0.2, 0.25) is 5.02 Å². The lowest BCUT2D eigenvalue weighted by Gasteiger charge is -2.36. The summed E-state index contributed by atoms with van der Waals surface area (Å²) in [6.45, 7) is -0.0961. The average Bonchev–Trinajstić information content (AvgIpc) is 3.54. The number of carbonyl (C=O) groups is 1. The summed E-state index contributed by atoms with van der Waals surface area (Å²) in [4.78, 5) is 19.6. The predicted molar refractivity (Wildman–Crippen MR) is 142 cm³/mol. The number of aliphatic hydroxyl groups excluding tert-OH is 1. The summed E-state index contributed by atoms with van der Waals surface area (Å²) in [7, 11) is 1.54. The Kier molecular flexibility index (Phi) is 8.10. The van der Waals surface area contributed by atoms with Crippen molar-refractivity contribution in [1.82, 2.24) is 24.2 Å². The maximum absolute atomic E-state index is 14.0. The third kappa shape index (κ3) is 5.69. The quantitative estimate of drug-likeness (QED) is 0.285. The Morgan fingerprint density at radius 1 is 1.23 bits per heavy atom. The highest BCUT2D eigenvalue weighted by Gasteiger charge is 2.34. The number of amides is 1. The Balaban J connectivity index is 1.45. The zero-order chi connectivity index (χ0) is 28.4. The van der Waals surface area contributed by atoms with E-state index in [4.69, 9.17) is 16.3 Å². The molecule has 0 aliphatic carbocycles. The molecule has 2 N–H and O–H groups in total. The van der Waals surface area contributed by atoms with E-state index in [2.05, 4.69) is 15.4 Å². The first-order valence-electron chi connectivity index (χ1n) is 12.4. The van der Waals surface area contributed by atoms with Gasteiger partial charge in [0.05, 0.1) is 30.5 Å². The maximum Gasteiger partial charge on any atom is 0.271 e. The monoisotopic (exact) mass is 574 g/mol. The molecule has 3 aromatic heterocycles. The summed E-state index contributed by atoms with van der Waals surface area (Å²) in [6.07, 6.45) is 2.08. The molecule has 9 nitrogen and oxygen atoms in total. The number of aliphatic hydroxyl groups is 1. The van der Waals surface area contributed by atoms with Crippen molar-refractivity contribution in [2.75, 3.05) is 19.0 Å². The van der Waals surface area contributed by atoms with Crippen LogP contribution in [-0.4, -0.2) is 61.4 Å². The first kappa shape index (κ1) is 27.7. The van der Waals surface area contributed by atoms with E-state index in [-0.39, 0.29) is 31.7 Å². The van der Waals surface area contributed by atoms with E-state index in [9.17, 15) is 23.1 Å². The lowest BCUT2D eigenvalue weighted by molar-refractivity contribution is 0.0386. The fourth-order valence-electron chi connectivity index (χ4n) is 4.82. The molecule has 0 saturated heterocycles. The standard InChI is InChI=1S/C27H26ClF3N6O3/c1-40-15-20-12-35-10-18(7-23(35)27(39)36(20)11-17-6-19(29)3-2-16(17)14-38)21-8-25(32-9-22(21)28)34-26-4-5-33-37(26)13-24(30)31/h2-10,20,24,38H,11-15H2,1H3,(H,32,34). The first-order chi connectivity index (χ1) is 19.3. The Morgan fingerprint density at radius 3 is 2.80 bits per heavy atom. The molecule has 0 radical (unpaired) electrons. The molecule has 1 amide bonds. The van der Waals surface area contributed by atoms with Crippen LogP contribution < -0.4 is 5.32 Å². The second-order valence-electron chi connectivity index (χ2n) is 9.34. The minimum Gasteiger partial charge on any atom is -0.392 e. The number of ether oxygens (including phenoxy) is 1. The number of alkyl halides is 2. The largest absolute Gasteiger partial charge is 0.392 e. The first-order valence-corrected chi connectivity index (χ1v) is 12.8. The average molecular weight is 575 g/mol. The minimum atomic E-state index is -2.57.